The number of benzene rings is 2. The Morgan fingerprint density at radius 1 is 1.06 bits per heavy atom. The molecule has 0 heterocycles. The Hall–Kier alpha value is -2.65. The first-order chi connectivity index (χ1) is 15.2. The van der Waals surface area contributed by atoms with E-state index in [4.69, 9.17) is 21.7 Å². The van der Waals surface area contributed by atoms with Crippen molar-refractivity contribution in [1.29, 1.82) is 0 Å². The number of hydrazine groups is 1. The Bertz CT molecular complexity index is 982. The summed E-state index contributed by atoms with van der Waals surface area (Å²) in [5.74, 6) is 0.741. The maximum atomic E-state index is 12.4. The average Bonchev–Trinajstić information content (AvgIpc) is 2.75. The van der Waals surface area contributed by atoms with Gasteiger partial charge >= 0.3 is 0 Å². The van der Waals surface area contributed by atoms with Crippen molar-refractivity contribution in [2.45, 2.75) is 40.0 Å². The largest absolute Gasteiger partial charge is 0.492 e. The van der Waals surface area contributed by atoms with E-state index >= 15 is 0 Å². The van der Waals surface area contributed by atoms with Gasteiger partial charge in [0.2, 0.25) is 0 Å². The maximum absolute atomic E-state index is 12.4. The first-order valence-electron chi connectivity index (χ1n) is 10.3. The second kappa shape index (κ2) is 12.4. The van der Waals surface area contributed by atoms with Crippen molar-refractivity contribution in [1.82, 2.24) is 16.2 Å². The van der Waals surface area contributed by atoms with Gasteiger partial charge in [-0.1, -0.05) is 32.9 Å². The Balaban J connectivity index is 1.83. The van der Waals surface area contributed by atoms with Gasteiger partial charge in [0.1, 0.15) is 11.5 Å². The molecule has 0 aliphatic rings. The zero-order valence-electron chi connectivity index (χ0n) is 18.6. The highest BCUT2D eigenvalue weighted by molar-refractivity contribution is 9.10. The number of nitrogens with one attached hydrogen (secondary N) is 3. The molecule has 0 saturated heterocycles. The average molecular weight is 522 g/mol. The van der Waals surface area contributed by atoms with Crippen LogP contribution in [0.4, 0.5) is 0 Å². The van der Waals surface area contributed by atoms with Gasteiger partial charge in [-0.15, -0.1) is 0 Å². The standard InChI is InChI=1S/C23H28BrN3O4S/c1-5-10-30-19-9-7-16(12-18(19)24)22(29)25-23(32)27-26-21(28)13-31-20-11-15(4)6-8-17(20)14(2)3/h6-9,11-12,14H,5,10,13H2,1-4H3,(H,26,28)(H2,25,27,29,32). The number of ether oxygens (including phenoxy) is 2. The molecule has 0 radical (unpaired) electrons. The lowest BCUT2D eigenvalue weighted by molar-refractivity contribution is -0.123. The quantitative estimate of drug-likeness (QED) is 0.352. The van der Waals surface area contributed by atoms with Crippen LogP contribution in [-0.2, 0) is 4.79 Å². The molecule has 0 aromatic heterocycles. The molecule has 172 valence electrons. The number of thiocarbonyl (C=S) groups is 1. The predicted octanol–water partition coefficient (Wildman–Crippen LogP) is 4.38. The summed E-state index contributed by atoms with van der Waals surface area (Å²) in [6.07, 6.45) is 0.884. The van der Waals surface area contributed by atoms with Crippen molar-refractivity contribution >= 4 is 45.1 Å². The minimum absolute atomic E-state index is 0.0378. The molecule has 0 bridgehead atoms. The zero-order valence-corrected chi connectivity index (χ0v) is 21.0. The summed E-state index contributed by atoms with van der Waals surface area (Å²) in [6.45, 7) is 8.49. The summed E-state index contributed by atoms with van der Waals surface area (Å²) in [7, 11) is 0. The third-order valence-corrected chi connectivity index (χ3v) is 5.17. The van der Waals surface area contributed by atoms with Gasteiger partial charge in [-0.25, -0.2) is 0 Å². The van der Waals surface area contributed by atoms with E-state index in [-0.39, 0.29) is 17.6 Å². The third-order valence-electron chi connectivity index (χ3n) is 4.35. The number of hydrogen-bond acceptors (Lipinski definition) is 5. The summed E-state index contributed by atoms with van der Waals surface area (Å²) in [6, 6.07) is 10.9. The topological polar surface area (TPSA) is 88.7 Å². The summed E-state index contributed by atoms with van der Waals surface area (Å²) in [5.41, 5.74) is 7.38. The van der Waals surface area contributed by atoms with E-state index in [0.29, 0.717) is 28.1 Å². The smallest absolute Gasteiger partial charge is 0.276 e. The Morgan fingerprint density at radius 2 is 1.81 bits per heavy atom. The number of amides is 2. The number of halogens is 1. The second-order valence-corrected chi connectivity index (χ2v) is 8.70. The van der Waals surface area contributed by atoms with Crippen LogP contribution in [0.2, 0.25) is 0 Å². The Labute approximate surface area is 202 Å². The lowest BCUT2D eigenvalue weighted by Crippen LogP contribution is -2.49. The van der Waals surface area contributed by atoms with Crippen LogP contribution in [0.3, 0.4) is 0 Å². The van der Waals surface area contributed by atoms with Crippen molar-refractivity contribution in [2.24, 2.45) is 0 Å². The minimum atomic E-state index is -0.432. The molecule has 2 aromatic rings. The fourth-order valence-electron chi connectivity index (χ4n) is 2.73. The second-order valence-electron chi connectivity index (χ2n) is 7.43. The molecular formula is C23H28BrN3O4S. The van der Waals surface area contributed by atoms with Gasteiger partial charge in [-0.2, -0.15) is 0 Å². The van der Waals surface area contributed by atoms with Crippen molar-refractivity contribution in [3.63, 3.8) is 0 Å². The molecule has 0 atom stereocenters. The third kappa shape index (κ3) is 7.80. The van der Waals surface area contributed by atoms with Crippen LogP contribution in [0.15, 0.2) is 40.9 Å². The molecule has 0 unspecified atom stereocenters. The summed E-state index contributed by atoms with van der Waals surface area (Å²) in [5, 5.41) is 2.47. The molecule has 7 nitrogen and oxygen atoms in total. The van der Waals surface area contributed by atoms with Crippen LogP contribution >= 0.6 is 28.1 Å². The van der Waals surface area contributed by atoms with Crippen molar-refractivity contribution < 1.29 is 19.1 Å². The molecule has 0 fully saturated rings. The van der Waals surface area contributed by atoms with E-state index in [1.54, 1.807) is 18.2 Å². The molecular weight excluding hydrogens is 494 g/mol. The molecule has 0 aliphatic carbocycles. The number of rotatable bonds is 8. The monoisotopic (exact) mass is 521 g/mol. The first kappa shape index (κ1) is 25.6. The van der Waals surface area contributed by atoms with E-state index in [1.165, 1.54) is 0 Å². The lowest BCUT2D eigenvalue weighted by Gasteiger charge is -2.15. The van der Waals surface area contributed by atoms with Crippen molar-refractivity contribution in [3.05, 3.63) is 57.6 Å². The van der Waals surface area contributed by atoms with Crippen LogP contribution < -0.4 is 25.6 Å². The van der Waals surface area contributed by atoms with Crippen LogP contribution in [-0.4, -0.2) is 30.1 Å². The minimum Gasteiger partial charge on any atom is -0.492 e. The normalized spacial score (nSPS) is 10.4. The van der Waals surface area contributed by atoms with Crippen LogP contribution in [0.5, 0.6) is 11.5 Å². The maximum Gasteiger partial charge on any atom is 0.276 e. The van der Waals surface area contributed by atoms with E-state index in [2.05, 4.69) is 45.9 Å². The number of carbonyl (C=O) groups is 2. The van der Waals surface area contributed by atoms with Gasteiger partial charge in [-0.05, 0) is 82.8 Å². The summed E-state index contributed by atoms with van der Waals surface area (Å²) in [4.78, 5) is 24.5. The Morgan fingerprint density at radius 3 is 2.47 bits per heavy atom. The van der Waals surface area contributed by atoms with Gasteiger partial charge < -0.3 is 9.47 Å². The molecule has 32 heavy (non-hydrogen) atoms. The molecule has 2 amide bonds. The molecule has 3 N–H and O–H groups in total. The number of aryl methyl sites for hydroxylation is 1. The predicted molar refractivity (Wildman–Crippen MR) is 132 cm³/mol. The van der Waals surface area contributed by atoms with E-state index in [1.807, 2.05) is 32.0 Å². The van der Waals surface area contributed by atoms with Gasteiger partial charge in [-0.3, -0.25) is 25.8 Å². The summed E-state index contributed by atoms with van der Waals surface area (Å²) >= 11 is 8.47. The molecule has 2 aromatic carbocycles. The van der Waals surface area contributed by atoms with Gasteiger partial charge in [0, 0.05) is 5.56 Å². The molecule has 2 rings (SSSR count). The number of hydrogen-bond donors (Lipinski definition) is 3. The highest BCUT2D eigenvalue weighted by atomic mass is 79.9. The SMILES string of the molecule is CCCOc1ccc(C(=O)NC(=S)NNC(=O)COc2cc(C)ccc2C(C)C)cc1Br. The van der Waals surface area contributed by atoms with Crippen LogP contribution in [0.25, 0.3) is 0 Å². The Kier molecular flexibility index (Phi) is 9.93. The van der Waals surface area contributed by atoms with Crippen LogP contribution in [0.1, 0.15) is 54.6 Å². The van der Waals surface area contributed by atoms with Crippen molar-refractivity contribution in [3.8, 4) is 11.5 Å². The summed E-state index contributed by atoms with van der Waals surface area (Å²) < 4.78 is 11.9. The van der Waals surface area contributed by atoms with E-state index in [0.717, 1.165) is 17.5 Å². The molecule has 0 saturated carbocycles. The van der Waals surface area contributed by atoms with Gasteiger partial charge in [0.25, 0.3) is 11.8 Å². The zero-order chi connectivity index (χ0) is 23.7. The fourth-order valence-corrected chi connectivity index (χ4v) is 3.36. The van der Waals surface area contributed by atoms with Gasteiger partial charge in [0.15, 0.2) is 11.7 Å². The highest BCUT2D eigenvalue weighted by Crippen LogP contribution is 2.27. The van der Waals surface area contributed by atoms with E-state index in [9.17, 15) is 9.59 Å². The molecule has 0 aliphatic heterocycles. The van der Waals surface area contributed by atoms with Crippen molar-refractivity contribution in [2.75, 3.05) is 13.2 Å². The van der Waals surface area contributed by atoms with Crippen LogP contribution in [0, 0.1) is 6.92 Å². The van der Waals surface area contributed by atoms with E-state index < -0.39 is 11.8 Å². The lowest BCUT2D eigenvalue weighted by atomic mass is 10.0. The highest BCUT2D eigenvalue weighted by Gasteiger charge is 2.13. The fraction of sp³-hybridized carbons (Fsp3) is 0.348. The number of carbonyl (C=O) groups excluding carboxylic acids is 2. The molecule has 9 heteroatoms. The first-order valence-corrected chi connectivity index (χ1v) is 11.5. The van der Waals surface area contributed by atoms with Gasteiger partial charge in [0.05, 0.1) is 11.1 Å². The molecule has 0 spiro atoms.